The highest BCUT2D eigenvalue weighted by molar-refractivity contribution is 5.91. The lowest BCUT2D eigenvalue weighted by molar-refractivity contribution is -0.116. The number of hydrogen-bond acceptors (Lipinski definition) is 3. The van der Waals surface area contributed by atoms with Crippen molar-refractivity contribution in [3.63, 3.8) is 0 Å². The van der Waals surface area contributed by atoms with Crippen LogP contribution in [0.4, 0.5) is 10.1 Å². The van der Waals surface area contributed by atoms with E-state index in [2.05, 4.69) is 10.3 Å². The SMILES string of the molecule is CC(CC(=O)Nc1cccc(OCc2ccccn2)c1)c1ccc(F)cc1. The van der Waals surface area contributed by atoms with Crippen molar-refractivity contribution in [1.82, 2.24) is 4.98 Å². The van der Waals surface area contributed by atoms with Gasteiger partial charge in [-0.1, -0.05) is 31.2 Å². The molecule has 4 nitrogen and oxygen atoms in total. The third-order valence-electron chi connectivity index (χ3n) is 4.16. The van der Waals surface area contributed by atoms with Crippen LogP contribution < -0.4 is 10.1 Å². The highest BCUT2D eigenvalue weighted by Gasteiger charge is 2.12. The fourth-order valence-electron chi connectivity index (χ4n) is 2.70. The number of amides is 1. The number of rotatable bonds is 7. The zero-order valence-corrected chi connectivity index (χ0v) is 15.1. The second kappa shape index (κ2) is 8.94. The summed E-state index contributed by atoms with van der Waals surface area (Å²) in [7, 11) is 0. The van der Waals surface area contributed by atoms with Gasteiger partial charge in [-0.15, -0.1) is 0 Å². The molecule has 0 saturated carbocycles. The van der Waals surface area contributed by atoms with Gasteiger partial charge in [0.2, 0.25) is 5.91 Å². The Balaban J connectivity index is 1.55. The molecule has 0 saturated heterocycles. The van der Waals surface area contributed by atoms with Gasteiger partial charge in [0.05, 0.1) is 5.69 Å². The fraction of sp³-hybridized carbons (Fsp3) is 0.182. The molecule has 1 heterocycles. The Kier molecular flexibility index (Phi) is 6.15. The van der Waals surface area contributed by atoms with Gasteiger partial charge in [0, 0.05) is 24.4 Å². The highest BCUT2D eigenvalue weighted by atomic mass is 19.1. The summed E-state index contributed by atoms with van der Waals surface area (Å²) in [5, 5.41) is 2.88. The second-order valence-corrected chi connectivity index (χ2v) is 6.34. The molecule has 0 aliphatic rings. The van der Waals surface area contributed by atoms with E-state index in [1.807, 2.05) is 43.3 Å². The van der Waals surface area contributed by atoms with Gasteiger partial charge in [-0.2, -0.15) is 0 Å². The molecule has 1 unspecified atom stereocenters. The van der Waals surface area contributed by atoms with Gasteiger partial charge in [-0.05, 0) is 47.9 Å². The number of carbonyl (C=O) groups is 1. The van der Waals surface area contributed by atoms with Gasteiger partial charge in [0.1, 0.15) is 18.2 Å². The van der Waals surface area contributed by atoms with Crippen molar-refractivity contribution in [2.75, 3.05) is 5.32 Å². The molecule has 0 aliphatic carbocycles. The first-order valence-corrected chi connectivity index (χ1v) is 8.78. The van der Waals surface area contributed by atoms with E-state index in [0.29, 0.717) is 24.5 Å². The largest absolute Gasteiger partial charge is 0.487 e. The molecule has 2 aromatic carbocycles. The van der Waals surface area contributed by atoms with Crippen LogP contribution in [0.3, 0.4) is 0 Å². The third-order valence-corrected chi connectivity index (χ3v) is 4.16. The molecule has 1 N–H and O–H groups in total. The Labute approximate surface area is 158 Å². The lowest BCUT2D eigenvalue weighted by Gasteiger charge is -2.13. The summed E-state index contributed by atoms with van der Waals surface area (Å²) in [5.41, 5.74) is 2.43. The average Bonchev–Trinajstić information content (AvgIpc) is 2.68. The monoisotopic (exact) mass is 364 g/mol. The minimum atomic E-state index is -0.280. The average molecular weight is 364 g/mol. The van der Waals surface area contributed by atoms with E-state index in [0.717, 1.165) is 11.3 Å². The second-order valence-electron chi connectivity index (χ2n) is 6.34. The smallest absolute Gasteiger partial charge is 0.224 e. The molecule has 1 atom stereocenters. The first kappa shape index (κ1) is 18.6. The topological polar surface area (TPSA) is 51.2 Å². The first-order valence-electron chi connectivity index (χ1n) is 8.78. The Morgan fingerprint density at radius 3 is 2.67 bits per heavy atom. The molecule has 3 aromatic rings. The number of carbonyl (C=O) groups excluding carboxylic acids is 1. The van der Waals surface area contributed by atoms with E-state index in [9.17, 15) is 9.18 Å². The highest BCUT2D eigenvalue weighted by Crippen LogP contribution is 2.22. The zero-order valence-electron chi connectivity index (χ0n) is 15.1. The van der Waals surface area contributed by atoms with Gasteiger partial charge >= 0.3 is 0 Å². The number of benzene rings is 2. The molecule has 1 aromatic heterocycles. The first-order chi connectivity index (χ1) is 13.1. The third kappa shape index (κ3) is 5.64. The molecular formula is C22H21FN2O2. The predicted molar refractivity (Wildman–Crippen MR) is 103 cm³/mol. The predicted octanol–water partition coefficient (Wildman–Crippen LogP) is 4.93. The molecule has 5 heteroatoms. The van der Waals surface area contributed by atoms with E-state index in [1.54, 1.807) is 24.4 Å². The minimum Gasteiger partial charge on any atom is -0.487 e. The van der Waals surface area contributed by atoms with Crippen molar-refractivity contribution < 1.29 is 13.9 Å². The Morgan fingerprint density at radius 2 is 1.93 bits per heavy atom. The molecule has 27 heavy (non-hydrogen) atoms. The van der Waals surface area contributed by atoms with E-state index < -0.39 is 0 Å². The van der Waals surface area contributed by atoms with Crippen LogP contribution in [0.1, 0.15) is 30.5 Å². The van der Waals surface area contributed by atoms with Gasteiger partial charge < -0.3 is 10.1 Å². The summed E-state index contributed by atoms with van der Waals surface area (Å²) < 4.78 is 18.7. The van der Waals surface area contributed by atoms with Crippen LogP contribution in [-0.2, 0) is 11.4 Å². The van der Waals surface area contributed by atoms with E-state index >= 15 is 0 Å². The molecule has 1 amide bonds. The number of nitrogens with zero attached hydrogens (tertiary/aromatic N) is 1. The van der Waals surface area contributed by atoms with Crippen molar-refractivity contribution >= 4 is 11.6 Å². The molecular weight excluding hydrogens is 343 g/mol. The molecule has 0 radical (unpaired) electrons. The normalized spacial score (nSPS) is 11.6. The van der Waals surface area contributed by atoms with Gasteiger partial charge in [0.15, 0.2) is 0 Å². The molecule has 0 spiro atoms. The van der Waals surface area contributed by atoms with Crippen LogP contribution in [0.5, 0.6) is 5.75 Å². The minimum absolute atomic E-state index is 0.00538. The van der Waals surface area contributed by atoms with Crippen LogP contribution in [0.25, 0.3) is 0 Å². The van der Waals surface area contributed by atoms with Gasteiger partial charge in [0.25, 0.3) is 0 Å². The number of nitrogens with one attached hydrogen (secondary N) is 1. The van der Waals surface area contributed by atoms with Crippen LogP contribution in [0.15, 0.2) is 72.9 Å². The number of halogens is 1. The van der Waals surface area contributed by atoms with E-state index in [4.69, 9.17) is 4.74 Å². The van der Waals surface area contributed by atoms with Crippen molar-refractivity contribution in [1.29, 1.82) is 0 Å². The van der Waals surface area contributed by atoms with Gasteiger partial charge in [-0.3, -0.25) is 9.78 Å². The van der Waals surface area contributed by atoms with Crippen molar-refractivity contribution in [3.05, 3.63) is 90.0 Å². The van der Waals surface area contributed by atoms with Crippen molar-refractivity contribution in [2.24, 2.45) is 0 Å². The zero-order chi connectivity index (χ0) is 19.1. The summed E-state index contributed by atoms with van der Waals surface area (Å²) in [6.45, 7) is 2.30. The molecule has 138 valence electrons. The summed E-state index contributed by atoms with van der Waals surface area (Å²) >= 11 is 0. The van der Waals surface area contributed by atoms with Crippen molar-refractivity contribution in [2.45, 2.75) is 25.9 Å². The summed E-state index contributed by atoms with van der Waals surface area (Å²) in [6.07, 6.45) is 2.03. The van der Waals surface area contributed by atoms with E-state index in [-0.39, 0.29) is 17.6 Å². The standard InChI is InChI=1S/C22H21FN2O2/c1-16(17-8-10-18(23)11-9-17)13-22(26)25-19-6-4-7-21(14-19)27-15-20-5-2-3-12-24-20/h2-12,14,16H,13,15H2,1H3,(H,25,26). The van der Waals surface area contributed by atoms with Crippen molar-refractivity contribution in [3.8, 4) is 5.75 Å². The number of hydrogen-bond donors (Lipinski definition) is 1. The van der Waals surface area contributed by atoms with Crippen LogP contribution in [0.2, 0.25) is 0 Å². The number of ether oxygens (including phenoxy) is 1. The molecule has 0 fully saturated rings. The molecule has 0 aliphatic heterocycles. The number of aromatic nitrogens is 1. The maximum absolute atomic E-state index is 13.0. The molecule has 3 rings (SSSR count). The Morgan fingerprint density at radius 1 is 1.11 bits per heavy atom. The summed E-state index contributed by atoms with van der Waals surface area (Å²) in [4.78, 5) is 16.5. The van der Waals surface area contributed by atoms with Crippen LogP contribution >= 0.6 is 0 Å². The molecule has 0 bridgehead atoms. The van der Waals surface area contributed by atoms with Crippen LogP contribution in [-0.4, -0.2) is 10.9 Å². The van der Waals surface area contributed by atoms with E-state index in [1.165, 1.54) is 12.1 Å². The van der Waals surface area contributed by atoms with Gasteiger partial charge in [-0.25, -0.2) is 4.39 Å². The maximum Gasteiger partial charge on any atom is 0.224 e. The lowest BCUT2D eigenvalue weighted by atomic mass is 9.97. The van der Waals surface area contributed by atoms with Crippen LogP contribution in [0, 0.1) is 5.82 Å². The summed E-state index contributed by atoms with van der Waals surface area (Å²) in [5.74, 6) is 0.269. The summed E-state index contributed by atoms with van der Waals surface area (Å²) in [6, 6.07) is 19.1. The Hall–Kier alpha value is -3.21. The quantitative estimate of drug-likeness (QED) is 0.646. The lowest BCUT2D eigenvalue weighted by Crippen LogP contribution is -2.14. The number of pyridine rings is 1. The fourth-order valence-corrected chi connectivity index (χ4v) is 2.70. The Bertz CT molecular complexity index is 882. The number of anilines is 1. The maximum atomic E-state index is 13.0.